The molecule has 6 atom stereocenters. The Balaban J connectivity index is 2.32. The van der Waals surface area contributed by atoms with Crippen LogP contribution in [0.2, 0.25) is 0 Å². The van der Waals surface area contributed by atoms with Crippen molar-refractivity contribution in [3.8, 4) is 0 Å². The normalized spacial score (nSPS) is 22.1. The number of carbonyl (C=O) groups is 2. The molecule has 0 amide bonds. The molecule has 0 radical (unpaired) electrons. The second-order valence-electron chi connectivity index (χ2n) is 12.7. The van der Waals surface area contributed by atoms with Gasteiger partial charge < -0.3 is 19.7 Å². The molecule has 1 rings (SSSR count). The minimum absolute atomic E-state index is 0.153. The summed E-state index contributed by atoms with van der Waals surface area (Å²) >= 11 is 3.57. The number of ketones is 1. The largest absolute Gasteiger partial charge is 0.381 e. The van der Waals surface area contributed by atoms with Gasteiger partial charge in [0.05, 0.1) is 12.2 Å². The van der Waals surface area contributed by atoms with E-state index in [1.54, 1.807) is 14.0 Å². The molecule has 1 aliphatic carbocycles. The minimum atomic E-state index is -2.44. The van der Waals surface area contributed by atoms with Gasteiger partial charge in [0.25, 0.3) is 0 Å². The first-order valence-corrected chi connectivity index (χ1v) is 15.8. The molecule has 232 valence electrons. The fraction of sp³-hybridized carbons (Fsp3) is 0.818. The van der Waals surface area contributed by atoms with Crippen LogP contribution in [0.5, 0.6) is 0 Å². The third-order valence-corrected chi connectivity index (χ3v) is 8.96. The molecule has 0 aromatic carbocycles. The van der Waals surface area contributed by atoms with Crippen LogP contribution in [0.25, 0.3) is 0 Å². The van der Waals surface area contributed by atoms with Crippen molar-refractivity contribution in [3.63, 3.8) is 0 Å². The molecule has 0 saturated heterocycles. The number of ether oxygens (including phenoxy) is 2. The number of rotatable bonds is 20. The summed E-state index contributed by atoms with van der Waals surface area (Å²) in [5.41, 5.74) is 2.70. The molecule has 0 aromatic rings. The first-order valence-electron chi connectivity index (χ1n) is 15.4. The highest BCUT2D eigenvalue weighted by Gasteiger charge is 2.38. The molecule has 0 bridgehead atoms. The monoisotopic (exact) mass is 582 g/mol. The van der Waals surface area contributed by atoms with E-state index in [4.69, 9.17) is 9.47 Å². The van der Waals surface area contributed by atoms with Crippen molar-refractivity contribution >= 4 is 23.5 Å². The lowest BCUT2D eigenvalue weighted by Gasteiger charge is -2.28. The van der Waals surface area contributed by atoms with Gasteiger partial charge in [0.1, 0.15) is 5.78 Å². The van der Waals surface area contributed by atoms with Gasteiger partial charge in [0.2, 0.25) is 10.9 Å². The van der Waals surface area contributed by atoms with Crippen molar-refractivity contribution in [2.75, 3.05) is 14.2 Å². The second kappa shape index (κ2) is 19.2. The highest BCUT2D eigenvalue weighted by Crippen LogP contribution is 2.29. The average molecular weight is 583 g/mol. The fourth-order valence-electron chi connectivity index (χ4n) is 6.00. The molecule has 1 fully saturated rings. The zero-order valence-electron chi connectivity index (χ0n) is 26.3. The number of carbonyl (C=O) groups excluding carboxylic acids is 2. The maximum Gasteiger partial charge on any atom is 0.245 e. The SMILES string of the molecule is COC1CCCC(/C=C(\C)C[C@H](C)CCC(=O)C/C=C(\C)C[C@H](C)CCCC(CC(C)C(O)(O)C(=O)S)OC)C1. The lowest BCUT2D eigenvalue weighted by molar-refractivity contribution is -0.196. The molecule has 1 saturated carbocycles. The van der Waals surface area contributed by atoms with Gasteiger partial charge in [-0.3, -0.25) is 9.59 Å². The Bertz CT molecular complexity index is 820. The number of Topliss-reactive ketones (excluding diaryl/α,β-unsaturated/α-hetero) is 1. The van der Waals surface area contributed by atoms with Gasteiger partial charge in [-0.1, -0.05) is 76.0 Å². The first-order chi connectivity index (χ1) is 18.8. The molecule has 6 nitrogen and oxygen atoms in total. The van der Waals surface area contributed by atoms with Gasteiger partial charge in [-0.15, -0.1) is 0 Å². The van der Waals surface area contributed by atoms with Crippen molar-refractivity contribution in [3.05, 3.63) is 23.3 Å². The lowest BCUT2D eigenvalue weighted by atomic mass is 9.85. The van der Waals surface area contributed by atoms with E-state index in [2.05, 4.69) is 52.5 Å². The van der Waals surface area contributed by atoms with Crippen molar-refractivity contribution in [2.45, 2.75) is 136 Å². The molecule has 0 heterocycles. The summed E-state index contributed by atoms with van der Waals surface area (Å²) in [5.74, 6) is -1.17. The zero-order valence-corrected chi connectivity index (χ0v) is 27.2. The van der Waals surface area contributed by atoms with Crippen LogP contribution in [-0.4, -0.2) is 53.3 Å². The van der Waals surface area contributed by atoms with E-state index in [1.807, 2.05) is 7.11 Å². The summed E-state index contributed by atoms with van der Waals surface area (Å²) in [5, 5.41) is 18.9. The third kappa shape index (κ3) is 14.8. The topological polar surface area (TPSA) is 93.1 Å². The van der Waals surface area contributed by atoms with Crippen LogP contribution in [-0.2, 0) is 19.1 Å². The van der Waals surface area contributed by atoms with Gasteiger partial charge >= 0.3 is 0 Å². The molecule has 2 N–H and O–H groups in total. The molecular weight excluding hydrogens is 524 g/mol. The minimum Gasteiger partial charge on any atom is -0.381 e. The predicted octanol–water partition coefficient (Wildman–Crippen LogP) is 7.22. The van der Waals surface area contributed by atoms with E-state index in [0.717, 1.165) is 44.9 Å². The summed E-state index contributed by atoms with van der Waals surface area (Å²) in [6, 6.07) is 0. The average Bonchev–Trinajstić information content (AvgIpc) is 2.89. The summed E-state index contributed by atoms with van der Waals surface area (Å²) in [6.45, 7) is 10.4. The Kier molecular flexibility index (Phi) is 17.8. The van der Waals surface area contributed by atoms with Gasteiger partial charge in [0, 0.05) is 33.0 Å². The maximum absolute atomic E-state index is 12.5. The summed E-state index contributed by atoms with van der Waals surface area (Å²) < 4.78 is 11.1. The zero-order chi connectivity index (χ0) is 30.3. The Morgan fingerprint density at radius 1 is 1.00 bits per heavy atom. The van der Waals surface area contributed by atoms with Gasteiger partial charge in [-0.05, 0) is 83.0 Å². The summed E-state index contributed by atoms with van der Waals surface area (Å²) in [4.78, 5) is 23.9. The highest BCUT2D eigenvalue weighted by atomic mass is 32.1. The van der Waals surface area contributed by atoms with Gasteiger partial charge in [-0.25, -0.2) is 0 Å². The molecule has 0 aromatic heterocycles. The fourth-order valence-corrected chi connectivity index (χ4v) is 6.22. The maximum atomic E-state index is 12.5. The molecule has 0 aliphatic heterocycles. The smallest absolute Gasteiger partial charge is 0.245 e. The van der Waals surface area contributed by atoms with Crippen LogP contribution in [0, 0.1) is 23.7 Å². The van der Waals surface area contributed by atoms with Crippen LogP contribution in [0.15, 0.2) is 23.3 Å². The van der Waals surface area contributed by atoms with E-state index in [1.165, 1.54) is 30.4 Å². The predicted molar refractivity (Wildman–Crippen MR) is 166 cm³/mol. The van der Waals surface area contributed by atoms with Crippen LogP contribution in [0.3, 0.4) is 0 Å². The highest BCUT2D eigenvalue weighted by molar-refractivity contribution is 7.96. The number of methoxy groups -OCH3 is 2. The van der Waals surface area contributed by atoms with Crippen molar-refractivity contribution in [2.24, 2.45) is 23.7 Å². The van der Waals surface area contributed by atoms with Crippen molar-refractivity contribution in [1.29, 1.82) is 0 Å². The number of hydrogen-bond donors (Lipinski definition) is 3. The van der Waals surface area contributed by atoms with E-state index >= 15 is 0 Å². The molecular formula is C33H58O6S. The summed E-state index contributed by atoms with van der Waals surface area (Å²) in [7, 11) is 3.43. The third-order valence-electron chi connectivity index (χ3n) is 8.63. The Morgan fingerprint density at radius 3 is 2.27 bits per heavy atom. The summed E-state index contributed by atoms with van der Waals surface area (Å²) in [6.07, 6.45) is 16.8. The number of allylic oxidation sites excluding steroid dienone is 4. The lowest BCUT2D eigenvalue weighted by Crippen LogP contribution is -2.43. The number of aliphatic hydroxyl groups is 2. The van der Waals surface area contributed by atoms with Crippen LogP contribution in [0.4, 0.5) is 0 Å². The second-order valence-corrected chi connectivity index (χ2v) is 13.1. The Hall–Kier alpha value is -0.990. The first kappa shape index (κ1) is 37.0. The Labute approximate surface area is 249 Å². The molecule has 4 unspecified atom stereocenters. The standard InChI is InChI=1S/C33H58O6S/c1-23(10-8-12-30(38-6)21-27(5)33(36,37)32(35)40)18-24(2)14-16-29(34)17-15-25(3)19-26(4)20-28-11-9-13-31(22-28)39-7/h14,20,23,25,27-28,30-31,36-37H,8-13,15-19,21-22H2,1-7H3,(H,35,40)/b24-14+,26-20+/t23-,25-,27?,28?,30?,31?/m1/s1. The van der Waals surface area contributed by atoms with Crippen LogP contribution in [0.1, 0.15) is 118 Å². The van der Waals surface area contributed by atoms with Crippen molar-refractivity contribution < 1.29 is 29.3 Å². The quantitative estimate of drug-likeness (QED) is 0.0797. The number of thiol groups is 1. The number of hydrogen-bond acceptors (Lipinski definition) is 6. The van der Waals surface area contributed by atoms with E-state index < -0.39 is 16.8 Å². The Morgan fingerprint density at radius 2 is 1.65 bits per heavy atom. The molecule has 40 heavy (non-hydrogen) atoms. The van der Waals surface area contributed by atoms with Crippen LogP contribution < -0.4 is 0 Å². The molecule has 0 spiro atoms. The van der Waals surface area contributed by atoms with Gasteiger partial charge in [-0.2, -0.15) is 0 Å². The van der Waals surface area contributed by atoms with Crippen LogP contribution >= 0.6 is 12.6 Å². The van der Waals surface area contributed by atoms with Gasteiger partial charge in [0.15, 0.2) is 0 Å². The molecule has 1 aliphatic rings. The van der Waals surface area contributed by atoms with E-state index in [0.29, 0.717) is 48.9 Å². The molecule has 7 heteroatoms. The van der Waals surface area contributed by atoms with Crippen molar-refractivity contribution in [1.82, 2.24) is 0 Å². The van der Waals surface area contributed by atoms with E-state index in [-0.39, 0.29) is 6.10 Å². The van der Waals surface area contributed by atoms with E-state index in [9.17, 15) is 19.8 Å².